The molecule has 0 fully saturated rings. The lowest BCUT2D eigenvalue weighted by Gasteiger charge is -2.12. The van der Waals surface area contributed by atoms with Crippen molar-refractivity contribution in [2.45, 2.75) is 25.6 Å². The maximum atomic E-state index is 13.7. The lowest BCUT2D eigenvalue weighted by atomic mass is 10.1. The van der Waals surface area contributed by atoms with Crippen LogP contribution in [-0.2, 0) is 10.7 Å². The van der Waals surface area contributed by atoms with Crippen molar-refractivity contribution in [2.24, 2.45) is 0 Å². The second-order valence-electron chi connectivity index (χ2n) is 4.77. The molecule has 0 heterocycles. The first-order valence-electron chi connectivity index (χ1n) is 5.24. The standard InChI is InChI=1S/C13H14F2OSi/c1-17(2,3)10-9-12(16)13(14,15)11-7-5-4-6-8-11/h4-8H,1-3H3. The van der Waals surface area contributed by atoms with Gasteiger partial charge >= 0.3 is 5.92 Å². The summed E-state index contributed by atoms with van der Waals surface area (Å²) in [6.07, 6.45) is 0. The van der Waals surface area contributed by atoms with E-state index < -0.39 is 19.8 Å². The molecule has 0 saturated heterocycles. The summed E-state index contributed by atoms with van der Waals surface area (Å²) in [4.78, 5) is 11.4. The van der Waals surface area contributed by atoms with Crippen LogP contribution in [0.5, 0.6) is 0 Å². The maximum absolute atomic E-state index is 13.7. The third-order valence-corrected chi connectivity index (χ3v) is 2.85. The summed E-state index contributed by atoms with van der Waals surface area (Å²) < 4.78 is 27.4. The molecule has 4 heteroatoms. The zero-order valence-electron chi connectivity index (χ0n) is 10.1. The van der Waals surface area contributed by atoms with Crippen molar-refractivity contribution < 1.29 is 13.6 Å². The Hall–Kier alpha value is -1.47. The molecule has 0 saturated carbocycles. The minimum absolute atomic E-state index is 0.310. The SMILES string of the molecule is C[Si](C)(C)C#CC(=O)C(F)(F)c1ccccc1. The molecule has 0 aromatic heterocycles. The molecule has 0 radical (unpaired) electrons. The van der Waals surface area contributed by atoms with Crippen molar-refractivity contribution in [3.63, 3.8) is 0 Å². The minimum atomic E-state index is -3.52. The van der Waals surface area contributed by atoms with Gasteiger partial charge in [0.1, 0.15) is 8.07 Å². The summed E-state index contributed by atoms with van der Waals surface area (Å²) in [5, 5.41) is 0. The fourth-order valence-corrected chi connectivity index (χ4v) is 1.59. The number of hydrogen-bond acceptors (Lipinski definition) is 1. The Kier molecular flexibility index (Phi) is 3.84. The topological polar surface area (TPSA) is 17.1 Å². The van der Waals surface area contributed by atoms with E-state index in [1.807, 2.05) is 19.6 Å². The van der Waals surface area contributed by atoms with Gasteiger partial charge in [-0.3, -0.25) is 4.79 Å². The molecule has 0 aliphatic rings. The highest BCUT2D eigenvalue weighted by Crippen LogP contribution is 2.28. The van der Waals surface area contributed by atoms with Crippen LogP contribution in [0, 0.1) is 11.5 Å². The number of halogens is 2. The zero-order chi connectivity index (χ0) is 13.1. The molecule has 17 heavy (non-hydrogen) atoms. The third kappa shape index (κ3) is 3.79. The lowest BCUT2D eigenvalue weighted by molar-refractivity contribution is -0.137. The Labute approximate surface area is 101 Å². The van der Waals surface area contributed by atoms with Crippen molar-refractivity contribution in [1.29, 1.82) is 0 Å². The van der Waals surface area contributed by atoms with Gasteiger partial charge in [0.2, 0.25) is 0 Å². The van der Waals surface area contributed by atoms with E-state index in [9.17, 15) is 13.6 Å². The Morgan fingerprint density at radius 2 is 1.71 bits per heavy atom. The molecule has 0 unspecified atom stereocenters. The highest BCUT2D eigenvalue weighted by atomic mass is 28.3. The van der Waals surface area contributed by atoms with Gasteiger partial charge in [-0.15, -0.1) is 5.54 Å². The van der Waals surface area contributed by atoms with Crippen LogP contribution in [0.1, 0.15) is 5.56 Å². The largest absolute Gasteiger partial charge is 0.342 e. The average Bonchev–Trinajstić information content (AvgIpc) is 2.26. The van der Waals surface area contributed by atoms with E-state index in [1.165, 1.54) is 24.3 Å². The van der Waals surface area contributed by atoms with Gasteiger partial charge in [-0.05, 0) is 5.92 Å². The summed E-state index contributed by atoms with van der Waals surface area (Å²) >= 11 is 0. The summed E-state index contributed by atoms with van der Waals surface area (Å²) in [6, 6.07) is 7.03. The second-order valence-corrected chi connectivity index (χ2v) is 9.52. The number of Topliss-reactive ketones (excluding diaryl/α,β-unsaturated/α-hetero) is 1. The summed E-state index contributed by atoms with van der Waals surface area (Å²) in [5.74, 6) is -2.76. The Bertz CT molecular complexity index is 464. The number of benzene rings is 1. The lowest BCUT2D eigenvalue weighted by Crippen LogP contribution is -2.26. The number of hydrogen-bond donors (Lipinski definition) is 0. The number of carbonyl (C=O) groups excluding carboxylic acids is 1. The van der Waals surface area contributed by atoms with Crippen molar-refractivity contribution in [1.82, 2.24) is 0 Å². The molecule has 0 N–H and O–H groups in total. The van der Waals surface area contributed by atoms with E-state index in [0.29, 0.717) is 0 Å². The fraction of sp³-hybridized carbons (Fsp3) is 0.308. The van der Waals surface area contributed by atoms with Crippen LogP contribution in [0.15, 0.2) is 30.3 Å². The highest BCUT2D eigenvalue weighted by molar-refractivity contribution is 6.84. The zero-order valence-corrected chi connectivity index (χ0v) is 11.1. The quantitative estimate of drug-likeness (QED) is 0.583. The molecule has 0 aliphatic heterocycles. The van der Waals surface area contributed by atoms with Crippen LogP contribution in [0.3, 0.4) is 0 Å². The van der Waals surface area contributed by atoms with E-state index in [1.54, 1.807) is 6.07 Å². The molecule has 0 bridgehead atoms. The molecule has 1 aromatic rings. The van der Waals surface area contributed by atoms with Gasteiger partial charge in [-0.1, -0.05) is 50.0 Å². The van der Waals surface area contributed by atoms with Crippen molar-refractivity contribution in [2.75, 3.05) is 0 Å². The van der Waals surface area contributed by atoms with Crippen molar-refractivity contribution >= 4 is 13.9 Å². The Morgan fingerprint density at radius 3 is 2.18 bits per heavy atom. The van der Waals surface area contributed by atoms with E-state index in [-0.39, 0.29) is 5.56 Å². The normalized spacial score (nSPS) is 11.6. The minimum Gasteiger partial charge on any atom is -0.278 e. The van der Waals surface area contributed by atoms with Crippen LogP contribution in [0.2, 0.25) is 19.6 Å². The van der Waals surface area contributed by atoms with E-state index in [4.69, 9.17) is 0 Å². The van der Waals surface area contributed by atoms with Gasteiger partial charge in [0.05, 0.1) is 0 Å². The van der Waals surface area contributed by atoms with Crippen LogP contribution in [-0.4, -0.2) is 13.9 Å². The van der Waals surface area contributed by atoms with Crippen LogP contribution >= 0.6 is 0 Å². The van der Waals surface area contributed by atoms with Gasteiger partial charge in [-0.2, -0.15) is 8.78 Å². The predicted octanol–water partition coefficient (Wildman–Crippen LogP) is 3.23. The van der Waals surface area contributed by atoms with Crippen LogP contribution < -0.4 is 0 Å². The Balaban J connectivity index is 2.99. The molecule has 0 spiro atoms. The summed E-state index contributed by atoms with van der Waals surface area (Å²) in [6.45, 7) is 5.69. The van der Waals surface area contributed by atoms with Gasteiger partial charge in [0.15, 0.2) is 0 Å². The number of rotatable bonds is 2. The Morgan fingerprint density at radius 1 is 1.18 bits per heavy atom. The predicted molar refractivity (Wildman–Crippen MR) is 66.5 cm³/mol. The summed E-state index contributed by atoms with van der Waals surface area (Å²) in [5.41, 5.74) is 2.35. The van der Waals surface area contributed by atoms with E-state index >= 15 is 0 Å². The van der Waals surface area contributed by atoms with Crippen molar-refractivity contribution in [3.8, 4) is 11.5 Å². The smallest absolute Gasteiger partial charge is 0.278 e. The molecule has 0 amide bonds. The molecular formula is C13H14F2OSi. The highest BCUT2D eigenvalue weighted by Gasteiger charge is 2.39. The van der Waals surface area contributed by atoms with Gasteiger partial charge < -0.3 is 0 Å². The van der Waals surface area contributed by atoms with Crippen LogP contribution in [0.25, 0.3) is 0 Å². The average molecular weight is 252 g/mol. The van der Waals surface area contributed by atoms with Gasteiger partial charge in [0.25, 0.3) is 5.78 Å². The van der Waals surface area contributed by atoms with Crippen molar-refractivity contribution in [3.05, 3.63) is 35.9 Å². The first-order valence-corrected chi connectivity index (χ1v) is 8.74. The molecule has 0 atom stereocenters. The number of ketones is 1. The molecule has 0 aliphatic carbocycles. The summed E-state index contributed by atoms with van der Waals surface area (Å²) in [7, 11) is -1.82. The monoisotopic (exact) mass is 252 g/mol. The van der Waals surface area contributed by atoms with Crippen LogP contribution in [0.4, 0.5) is 8.78 Å². The molecule has 1 aromatic carbocycles. The van der Waals surface area contributed by atoms with Gasteiger partial charge in [-0.25, -0.2) is 0 Å². The molecule has 1 rings (SSSR count). The molecule has 1 nitrogen and oxygen atoms in total. The third-order valence-electron chi connectivity index (χ3n) is 1.97. The first kappa shape index (κ1) is 13.6. The first-order chi connectivity index (χ1) is 7.73. The maximum Gasteiger partial charge on any atom is 0.342 e. The number of alkyl halides is 2. The van der Waals surface area contributed by atoms with E-state index in [2.05, 4.69) is 11.5 Å². The molecular weight excluding hydrogens is 238 g/mol. The van der Waals surface area contributed by atoms with Gasteiger partial charge in [0, 0.05) is 5.56 Å². The van der Waals surface area contributed by atoms with E-state index in [0.717, 1.165) is 0 Å². The molecule has 90 valence electrons. The number of carbonyl (C=O) groups is 1. The fourth-order valence-electron chi connectivity index (χ4n) is 1.10. The second kappa shape index (κ2) is 4.80.